The number of halogens is 4. The van der Waals surface area contributed by atoms with E-state index in [1.165, 1.54) is 21.0 Å². The van der Waals surface area contributed by atoms with E-state index in [2.05, 4.69) is 0 Å². The lowest BCUT2D eigenvalue weighted by atomic mass is 9.97. The molecule has 38 heavy (non-hydrogen) atoms. The Morgan fingerprint density at radius 3 is 1.95 bits per heavy atom. The Morgan fingerprint density at radius 2 is 1.55 bits per heavy atom. The smallest absolute Gasteiger partial charge is 0.416 e. The predicted molar refractivity (Wildman–Crippen MR) is 133 cm³/mol. The van der Waals surface area contributed by atoms with Crippen LogP contribution in [0.4, 0.5) is 17.6 Å². The van der Waals surface area contributed by atoms with Gasteiger partial charge in [0.25, 0.3) is 0 Å². The van der Waals surface area contributed by atoms with Crippen LogP contribution in [0.3, 0.4) is 0 Å². The SMILES string of the molecule is CC(C)C(=O)O.COC(c1ccc(C(F)(F)F)cc1F)C1CC1c1cc(C)c(OC(C)(C)C(=O)O)c(C)c1. The first-order valence-electron chi connectivity index (χ1n) is 12.1. The van der Waals surface area contributed by atoms with Crippen molar-refractivity contribution in [3.05, 3.63) is 64.0 Å². The molecule has 0 aliphatic heterocycles. The molecule has 0 bridgehead atoms. The van der Waals surface area contributed by atoms with E-state index in [0.29, 0.717) is 18.2 Å². The topological polar surface area (TPSA) is 93.1 Å². The third kappa shape index (κ3) is 7.46. The van der Waals surface area contributed by atoms with Crippen LogP contribution in [0, 0.1) is 31.5 Å². The van der Waals surface area contributed by atoms with E-state index in [-0.39, 0.29) is 23.3 Å². The highest BCUT2D eigenvalue weighted by Gasteiger charge is 2.46. The van der Waals surface area contributed by atoms with Gasteiger partial charge in [-0.15, -0.1) is 0 Å². The molecule has 2 aromatic rings. The summed E-state index contributed by atoms with van der Waals surface area (Å²) in [6.07, 6.45) is -4.60. The predicted octanol–water partition coefficient (Wildman–Crippen LogP) is 6.92. The monoisotopic (exact) mass is 542 g/mol. The van der Waals surface area contributed by atoms with Crippen molar-refractivity contribution in [1.82, 2.24) is 0 Å². The number of methoxy groups -OCH3 is 1. The average Bonchev–Trinajstić information content (AvgIpc) is 3.58. The Balaban J connectivity index is 0.000000757. The van der Waals surface area contributed by atoms with Gasteiger partial charge in [0.2, 0.25) is 0 Å². The van der Waals surface area contributed by atoms with Crippen LogP contribution in [0.2, 0.25) is 0 Å². The van der Waals surface area contributed by atoms with Gasteiger partial charge < -0.3 is 19.7 Å². The highest BCUT2D eigenvalue weighted by atomic mass is 19.4. The number of rotatable bonds is 8. The molecule has 2 N–H and O–H groups in total. The van der Waals surface area contributed by atoms with Crippen molar-refractivity contribution in [1.29, 1.82) is 0 Å². The minimum atomic E-state index is -4.61. The van der Waals surface area contributed by atoms with Crippen LogP contribution in [0.25, 0.3) is 0 Å². The van der Waals surface area contributed by atoms with Gasteiger partial charge in [0.15, 0.2) is 5.60 Å². The maximum Gasteiger partial charge on any atom is 0.416 e. The molecule has 1 aliphatic rings. The van der Waals surface area contributed by atoms with Gasteiger partial charge in [0.1, 0.15) is 11.6 Å². The Labute approximate surface area is 219 Å². The van der Waals surface area contributed by atoms with Crippen molar-refractivity contribution >= 4 is 11.9 Å². The van der Waals surface area contributed by atoms with Crippen molar-refractivity contribution in [3.8, 4) is 5.75 Å². The van der Waals surface area contributed by atoms with Gasteiger partial charge in [-0.05, 0) is 74.8 Å². The number of aliphatic carboxylic acids is 2. The lowest BCUT2D eigenvalue weighted by Gasteiger charge is -2.24. The molecule has 0 radical (unpaired) electrons. The van der Waals surface area contributed by atoms with Gasteiger partial charge in [0.05, 0.1) is 17.6 Å². The van der Waals surface area contributed by atoms with Crippen LogP contribution < -0.4 is 4.74 Å². The summed E-state index contributed by atoms with van der Waals surface area (Å²) in [7, 11) is 1.42. The van der Waals surface area contributed by atoms with Gasteiger partial charge in [-0.1, -0.05) is 32.0 Å². The van der Waals surface area contributed by atoms with Crippen LogP contribution in [0.15, 0.2) is 30.3 Å². The summed E-state index contributed by atoms with van der Waals surface area (Å²) in [5.41, 5.74) is 0.196. The Hall–Kier alpha value is -3.14. The molecule has 210 valence electrons. The summed E-state index contributed by atoms with van der Waals surface area (Å²) in [5.74, 6) is -2.54. The van der Waals surface area contributed by atoms with Crippen LogP contribution >= 0.6 is 0 Å². The number of benzene rings is 2. The van der Waals surface area contributed by atoms with E-state index in [1.54, 1.807) is 13.8 Å². The zero-order chi connectivity index (χ0) is 29.2. The van der Waals surface area contributed by atoms with Crippen LogP contribution in [0.5, 0.6) is 5.75 Å². The summed E-state index contributed by atoms with van der Waals surface area (Å²) >= 11 is 0. The molecule has 0 spiro atoms. The summed E-state index contributed by atoms with van der Waals surface area (Å²) in [6, 6.07) is 6.32. The standard InChI is InChI=1S/C24H26F4O4.C4H8O2/c1-12-8-14(9-13(2)20(12)32-23(3,4)22(29)30)17-11-18(17)21(31-5)16-7-6-15(10-19(16)25)24(26,27)28;1-3(2)4(5)6/h6-10,17-18,21H,11H2,1-5H3,(H,29,30);3H,1-2H3,(H,5,6). The van der Waals surface area contributed by atoms with E-state index in [4.69, 9.17) is 14.6 Å². The number of carboxylic acid groups (broad SMARTS) is 2. The minimum Gasteiger partial charge on any atom is -0.481 e. The molecule has 0 aromatic heterocycles. The molecule has 1 saturated carbocycles. The fourth-order valence-electron chi connectivity index (χ4n) is 4.06. The Kier molecular flexibility index (Phi) is 9.58. The van der Waals surface area contributed by atoms with E-state index in [1.807, 2.05) is 26.0 Å². The second-order valence-electron chi connectivity index (χ2n) is 10.3. The average molecular weight is 543 g/mol. The number of carbonyl (C=O) groups is 2. The Morgan fingerprint density at radius 1 is 1.03 bits per heavy atom. The summed E-state index contributed by atoms with van der Waals surface area (Å²) in [6.45, 7) is 9.88. The highest BCUT2D eigenvalue weighted by Crippen LogP contribution is 2.56. The quantitative estimate of drug-likeness (QED) is 0.352. The molecule has 1 fully saturated rings. The number of carboxylic acids is 2. The Bertz CT molecular complexity index is 1150. The number of aryl methyl sites for hydroxylation is 2. The van der Waals surface area contributed by atoms with Gasteiger partial charge in [-0.2, -0.15) is 13.2 Å². The molecule has 3 unspecified atom stereocenters. The van der Waals surface area contributed by atoms with Gasteiger partial charge in [0, 0.05) is 12.7 Å². The molecule has 3 atom stereocenters. The van der Waals surface area contributed by atoms with Crippen molar-refractivity contribution in [2.45, 2.75) is 71.8 Å². The largest absolute Gasteiger partial charge is 0.481 e. The number of hydrogen-bond donors (Lipinski definition) is 2. The second-order valence-corrected chi connectivity index (χ2v) is 10.3. The maximum atomic E-state index is 14.5. The first kappa shape index (κ1) is 31.1. The third-order valence-corrected chi connectivity index (χ3v) is 6.39. The van der Waals surface area contributed by atoms with E-state index < -0.39 is 41.2 Å². The minimum absolute atomic E-state index is 0.0422. The lowest BCUT2D eigenvalue weighted by Crippen LogP contribution is -2.38. The molecule has 6 nitrogen and oxygen atoms in total. The van der Waals surface area contributed by atoms with E-state index >= 15 is 0 Å². The summed E-state index contributed by atoms with van der Waals surface area (Å²) in [5, 5.41) is 17.3. The van der Waals surface area contributed by atoms with Crippen molar-refractivity contribution in [2.75, 3.05) is 7.11 Å². The first-order chi connectivity index (χ1) is 17.4. The number of ether oxygens (including phenoxy) is 2. The van der Waals surface area contributed by atoms with Crippen molar-refractivity contribution < 1.29 is 46.8 Å². The van der Waals surface area contributed by atoms with Crippen molar-refractivity contribution in [2.24, 2.45) is 11.8 Å². The molecular weight excluding hydrogens is 508 g/mol. The zero-order valence-corrected chi connectivity index (χ0v) is 22.4. The molecule has 0 heterocycles. The van der Waals surface area contributed by atoms with E-state index in [9.17, 15) is 32.3 Å². The molecule has 10 heteroatoms. The highest BCUT2D eigenvalue weighted by molar-refractivity contribution is 5.77. The van der Waals surface area contributed by atoms with Crippen LogP contribution in [-0.4, -0.2) is 34.9 Å². The first-order valence-corrected chi connectivity index (χ1v) is 12.1. The molecule has 0 amide bonds. The third-order valence-electron chi connectivity index (χ3n) is 6.39. The number of alkyl halides is 3. The van der Waals surface area contributed by atoms with Crippen molar-refractivity contribution in [3.63, 3.8) is 0 Å². The fraction of sp³-hybridized carbons (Fsp3) is 0.500. The lowest BCUT2D eigenvalue weighted by molar-refractivity contribution is -0.152. The zero-order valence-electron chi connectivity index (χ0n) is 22.4. The molecule has 3 rings (SSSR count). The van der Waals surface area contributed by atoms with Crippen LogP contribution in [-0.2, 0) is 20.5 Å². The summed E-state index contributed by atoms with van der Waals surface area (Å²) < 4.78 is 64.3. The molecule has 0 saturated heterocycles. The van der Waals surface area contributed by atoms with Crippen LogP contribution in [0.1, 0.15) is 74.0 Å². The van der Waals surface area contributed by atoms with Gasteiger partial charge in [-0.3, -0.25) is 4.79 Å². The maximum absolute atomic E-state index is 14.5. The van der Waals surface area contributed by atoms with Gasteiger partial charge in [-0.25, -0.2) is 9.18 Å². The molecule has 1 aliphatic carbocycles. The normalized spacial score (nSPS) is 17.9. The summed E-state index contributed by atoms with van der Waals surface area (Å²) in [4.78, 5) is 21.1. The second kappa shape index (κ2) is 11.7. The number of hydrogen-bond acceptors (Lipinski definition) is 4. The van der Waals surface area contributed by atoms with Gasteiger partial charge >= 0.3 is 18.1 Å². The molecule has 2 aromatic carbocycles. The fourth-order valence-corrected chi connectivity index (χ4v) is 4.06. The molecular formula is C28H34F4O6. The van der Waals surface area contributed by atoms with E-state index in [0.717, 1.165) is 28.8 Å².